The van der Waals surface area contributed by atoms with Gasteiger partial charge < -0.3 is 39.4 Å². The van der Waals surface area contributed by atoms with Crippen molar-refractivity contribution < 1.29 is 39.4 Å². The first-order chi connectivity index (χ1) is 14.3. The van der Waals surface area contributed by atoms with Crippen LogP contribution in [0.1, 0.15) is 56.6 Å². The number of aryl methyl sites for hydroxylation is 1. The number of hydrogen-bond donors (Lipinski definition) is 4. The molecule has 2 aliphatic rings. The molecule has 0 spiro atoms. The van der Waals surface area contributed by atoms with Crippen molar-refractivity contribution in [2.24, 2.45) is 0 Å². The van der Waals surface area contributed by atoms with Gasteiger partial charge in [-0.25, -0.2) is 0 Å². The molecule has 8 nitrogen and oxygen atoms in total. The number of benzene rings is 1. The van der Waals surface area contributed by atoms with Gasteiger partial charge in [-0.3, -0.25) is 0 Å². The van der Waals surface area contributed by atoms with Gasteiger partial charge in [-0.05, 0) is 30.5 Å². The molecular weight excluding hydrogens is 392 g/mol. The molecule has 0 bridgehead atoms. The number of aliphatic hydroxyl groups excluding tert-OH is 4. The summed E-state index contributed by atoms with van der Waals surface area (Å²) in [5.74, 6) is 1.40. The summed E-state index contributed by atoms with van der Waals surface area (Å²) in [5.41, 5.74) is 1.74. The number of rotatable bonds is 7. The molecule has 30 heavy (non-hydrogen) atoms. The zero-order chi connectivity index (χ0) is 21.8. The lowest BCUT2D eigenvalue weighted by atomic mass is 9.99. The summed E-state index contributed by atoms with van der Waals surface area (Å²) < 4.78 is 23.6. The summed E-state index contributed by atoms with van der Waals surface area (Å²) in [4.78, 5) is 0. The average Bonchev–Trinajstić information content (AvgIpc) is 2.68. The third kappa shape index (κ3) is 5.84. The van der Waals surface area contributed by atoms with E-state index >= 15 is 0 Å². The van der Waals surface area contributed by atoms with Crippen LogP contribution in [0.3, 0.4) is 0 Å². The molecule has 0 aliphatic carbocycles. The van der Waals surface area contributed by atoms with E-state index in [2.05, 4.69) is 0 Å². The summed E-state index contributed by atoms with van der Waals surface area (Å²) in [7, 11) is 0. The van der Waals surface area contributed by atoms with E-state index in [-0.39, 0.29) is 19.1 Å². The van der Waals surface area contributed by atoms with Gasteiger partial charge in [0.2, 0.25) is 12.6 Å². The second-order valence-electron chi connectivity index (χ2n) is 8.54. The molecule has 2 aliphatic heterocycles. The van der Waals surface area contributed by atoms with E-state index < -0.39 is 37.0 Å². The maximum atomic E-state index is 10.0. The highest BCUT2D eigenvalue weighted by molar-refractivity contribution is 5.47. The molecule has 0 radical (unpaired) electrons. The molecule has 8 heteroatoms. The molecule has 4 N–H and O–H groups in total. The highest BCUT2D eigenvalue weighted by Crippen LogP contribution is 2.36. The van der Waals surface area contributed by atoms with E-state index in [1.807, 2.05) is 32.9 Å². The number of ether oxygens (including phenoxy) is 4. The van der Waals surface area contributed by atoms with Gasteiger partial charge in [-0.2, -0.15) is 0 Å². The Bertz CT molecular complexity index is 694. The zero-order valence-corrected chi connectivity index (χ0v) is 17.9. The number of aliphatic hydroxyl groups is 4. The summed E-state index contributed by atoms with van der Waals surface area (Å²) in [6.45, 7) is 5.64. The van der Waals surface area contributed by atoms with Crippen molar-refractivity contribution in [2.75, 3.05) is 13.2 Å². The van der Waals surface area contributed by atoms with E-state index in [0.29, 0.717) is 37.2 Å². The summed E-state index contributed by atoms with van der Waals surface area (Å²) in [6, 6.07) is 3.77. The number of hydrogen-bond acceptors (Lipinski definition) is 8. The third-order valence-electron chi connectivity index (χ3n) is 5.54. The Balaban J connectivity index is 1.77. The maximum Gasteiger partial charge on any atom is 0.202 e. The van der Waals surface area contributed by atoms with E-state index in [0.717, 1.165) is 11.1 Å². The van der Waals surface area contributed by atoms with Gasteiger partial charge in [-0.1, -0.05) is 13.8 Å². The van der Waals surface area contributed by atoms with Gasteiger partial charge in [0.05, 0.1) is 37.6 Å². The Morgan fingerprint density at radius 3 is 1.83 bits per heavy atom. The van der Waals surface area contributed by atoms with E-state index in [9.17, 15) is 20.4 Å². The second kappa shape index (κ2) is 10.3. The van der Waals surface area contributed by atoms with Crippen LogP contribution in [0, 0.1) is 6.92 Å². The van der Waals surface area contributed by atoms with Crippen molar-refractivity contribution in [1.82, 2.24) is 0 Å². The molecule has 2 saturated heterocycles. The monoisotopic (exact) mass is 426 g/mol. The fraction of sp³-hybridized carbons (Fsp3) is 0.727. The predicted octanol–water partition coefficient (Wildman–Crippen LogP) is 1.59. The highest BCUT2D eigenvalue weighted by Gasteiger charge is 2.31. The van der Waals surface area contributed by atoms with Crippen molar-refractivity contribution in [3.8, 4) is 11.5 Å². The van der Waals surface area contributed by atoms with Crippen LogP contribution in [0.15, 0.2) is 12.1 Å². The molecule has 170 valence electrons. The fourth-order valence-electron chi connectivity index (χ4n) is 3.92. The van der Waals surface area contributed by atoms with Gasteiger partial charge >= 0.3 is 0 Å². The molecule has 2 fully saturated rings. The molecule has 0 aromatic heterocycles. The first kappa shape index (κ1) is 23.2. The molecule has 0 amide bonds. The van der Waals surface area contributed by atoms with Crippen LogP contribution in [-0.2, 0) is 9.47 Å². The Hall–Kier alpha value is -1.42. The van der Waals surface area contributed by atoms with E-state index in [1.165, 1.54) is 0 Å². The van der Waals surface area contributed by atoms with Crippen LogP contribution >= 0.6 is 0 Å². The molecule has 6 unspecified atom stereocenters. The summed E-state index contributed by atoms with van der Waals surface area (Å²) in [6.07, 6.45) is -1.88. The SMILES string of the molecule is Cc1cc(OC2CC(O)CC(CO)O2)c(C(C)C)cc1OC1CC(O)CC(CO)O1. The van der Waals surface area contributed by atoms with Crippen LogP contribution in [0.5, 0.6) is 11.5 Å². The molecule has 3 rings (SSSR count). The van der Waals surface area contributed by atoms with Gasteiger partial charge in [0.1, 0.15) is 11.5 Å². The van der Waals surface area contributed by atoms with Crippen LogP contribution in [0.4, 0.5) is 0 Å². The smallest absolute Gasteiger partial charge is 0.202 e. The average molecular weight is 427 g/mol. The molecular formula is C22H34O8. The van der Waals surface area contributed by atoms with E-state index in [1.54, 1.807) is 0 Å². The summed E-state index contributed by atoms with van der Waals surface area (Å²) >= 11 is 0. The topological polar surface area (TPSA) is 118 Å². The van der Waals surface area contributed by atoms with Gasteiger partial charge in [0.25, 0.3) is 0 Å². The minimum Gasteiger partial charge on any atom is -0.465 e. The van der Waals surface area contributed by atoms with Crippen molar-refractivity contribution in [2.45, 2.75) is 89.4 Å². The highest BCUT2D eigenvalue weighted by atomic mass is 16.7. The quantitative estimate of drug-likeness (QED) is 0.519. The summed E-state index contributed by atoms with van der Waals surface area (Å²) in [5, 5.41) is 38.8. The standard InChI is InChI=1S/C22H34O8/c1-12(2)18-9-19(29-21-7-14(25)5-16(10-23)27-21)13(3)4-20(18)30-22-8-15(26)6-17(11-24)28-22/h4,9,12,14-17,21-26H,5-8,10-11H2,1-3H3. The maximum absolute atomic E-state index is 10.0. The van der Waals surface area contributed by atoms with Crippen molar-refractivity contribution in [3.63, 3.8) is 0 Å². The zero-order valence-electron chi connectivity index (χ0n) is 17.9. The first-order valence-electron chi connectivity index (χ1n) is 10.7. The molecule has 6 atom stereocenters. The van der Waals surface area contributed by atoms with E-state index in [4.69, 9.17) is 18.9 Å². The van der Waals surface area contributed by atoms with Crippen molar-refractivity contribution in [3.05, 3.63) is 23.3 Å². The Labute approximate surface area is 177 Å². The van der Waals surface area contributed by atoms with Gasteiger partial charge in [-0.15, -0.1) is 0 Å². The lowest BCUT2D eigenvalue weighted by Gasteiger charge is -2.34. The first-order valence-corrected chi connectivity index (χ1v) is 10.7. The largest absolute Gasteiger partial charge is 0.465 e. The van der Waals surface area contributed by atoms with Crippen LogP contribution in [-0.4, -0.2) is 70.6 Å². The van der Waals surface area contributed by atoms with Gasteiger partial charge in [0, 0.05) is 31.2 Å². The predicted molar refractivity (Wildman–Crippen MR) is 108 cm³/mol. The molecule has 0 saturated carbocycles. The molecule has 1 aromatic rings. The molecule has 2 heterocycles. The minimum absolute atomic E-state index is 0.133. The van der Waals surface area contributed by atoms with Crippen LogP contribution < -0.4 is 9.47 Å². The van der Waals surface area contributed by atoms with Crippen molar-refractivity contribution >= 4 is 0 Å². The lowest BCUT2D eigenvalue weighted by molar-refractivity contribution is -0.186. The van der Waals surface area contributed by atoms with Crippen LogP contribution in [0.2, 0.25) is 0 Å². The Morgan fingerprint density at radius 2 is 1.37 bits per heavy atom. The second-order valence-corrected chi connectivity index (χ2v) is 8.54. The normalized spacial score (nSPS) is 32.3. The minimum atomic E-state index is -0.642. The molecule has 1 aromatic carbocycles. The van der Waals surface area contributed by atoms with Crippen LogP contribution in [0.25, 0.3) is 0 Å². The Morgan fingerprint density at radius 1 is 0.867 bits per heavy atom. The Kier molecular flexibility index (Phi) is 7.95. The lowest BCUT2D eigenvalue weighted by Crippen LogP contribution is -2.40. The van der Waals surface area contributed by atoms with Crippen molar-refractivity contribution in [1.29, 1.82) is 0 Å². The third-order valence-corrected chi connectivity index (χ3v) is 5.54. The fourth-order valence-corrected chi connectivity index (χ4v) is 3.92. The van der Waals surface area contributed by atoms with Gasteiger partial charge in [0.15, 0.2) is 0 Å².